The first-order valence-electron chi connectivity index (χ1n) is 12.6. The van der Waals surface area contributed by atoms with Crippen LogP contribution in [0.5, 0.6) is 5.75 Å². The Hall–Kier alpha value is -3.21. The maximum atomic E-state index is 11.5. The fourth-order valence-electron chi connectivity index (χ4n) is 4.10. The molecule has 0 saturated heterocycles. The molecule has 0 amide bonds. The molecule has 0 fully saturated rings. The molecule has 1 aromatic heterocycles. The second-order valence-corrected chi connectivity index (χ2v) is 8.69. The first kappa shape index (κ1) is 25.4. The normalized spacial score (nSPS) is 11.5. The summed E-state index contributed by atoms with van der Waals surface area (Å²) in [7, 11) is 0. The highest BCUT2D eigenvalue weighted by atomic mass is 16.5. The van der Waals surface area contributed by atoms with Crippen molar-refractivity contribution in [1.82, 2.24) is 9.55 Å². The average molecular weight is 460 g/mol. The number of rotatable bonds is 16. The lowest BCUT2D eigenvalue weighted by Crippen LogP contribution is -2.03. The predicted octanol–water partition coefficient (Wildman–Crippen LogP) is 8.27. The van der Waals surface area contributed by atoms with Crippen LogP contribution in [0.2, 0.25) is 0 Å². The van der Waals surface area contributed by atoms with E-state index < -0.39 is 0 Å². The van der Waals surface area contributed by atoms with Crippen LogP contribution in [0, 0.1) is 4.91 Å². The van der Waals surface area contributed by atoms with Crippen LogP contribution in [0.1, 0.15) is 70.5 Å². The Bertz CT molecular complexity index is 1010. The molecule has 0 N–H and O–H groups in total. The number of unbranched alkanes of at least 4 members (excludes halogenated alkanes) is 8. The van der Waals surface area contributed by atoms with Crippen molar-refractivity contribution in [2.75, 3.05) is 6.61 Å². The molecule has 0 unspecified atom stereocenters. The fourth-order valence-corrected chi connectivity index (χ4v) is 4.10. The topological polar surface area (TPSA) is 56.5 Å². The van der Waals surface area contributed by atoms with Gasteiger partial charge in [0, 0.05) is 30.6 Å². The molecule has 5 nitrogen and oxygen atoms in total. The third-order valence-corrected chi connectivity index (χ3v) is 6.01. The van der Waals surface area contributed by atoms with Gasteiger partial charge in [-0.1, -0.05) is 107 Å². The number of ether oxygens (including phenoxy) is 1. The van der Waals surface area contributed by atoms with Gasteiger partial charge in [-0.3, -0.25) is 0 Å². The van der Waals surface area contributed by atoms with Crippen LogP contribution < -0.4 is 4.74 Å². The monoisotopic (exact) mass is 459 g/mol. The van der Waals surface area contributed by atoms with E-state index in [1.165, 1.54) is 51.4 Å². The summed E-state index contributed by atoms with van der Waals surface area (Å²) in [6, 6.07) is 17.9. The van der Waals surface area contributed by atoms with Crippen molar-refractivity contribution < 1.29 is 4.74 Å². The molecule has 0 bridgehead atoms. The number of hydrogen-bond acceptors (Lipinski definition) is 4. The van der Waals surface area contributed by atoms with Crippen LogP contribution in [-0.2, 0) is 6.42 Å². The van der Waals surface area contributed by atoms with Gasteiger partial charge in [-0.15, -0.1) is 4.91 Å². The molecule has 3 aromatic rings. The third-order valence-electron chi connectivity index (χ3n) is 6.01. The molecule has 5 heteroatoms. The van der Waals surface area contributed by atoms with E-state index in [0.29, 0.717) is 5.70 Å². The molecular formula is C29H37N3O2. The van der Waals surface area contributed by atoms with Crippen LogP contribution in [0.25, 0.3) is 17.3 Å². The van der Waals surface area contributed by atoms with Crippen LogP contribution in [0.15, 0.2) is 77.9 Å². The molecule has 34 heavy (non-hydrogen) atoms. The highest BCUT2D eigenvalue weighted by Gasteiger charge is 2.08. The number of benzene rings is 2. The fraction of sp³-hybridized carbons (Fsp3) is 0.414. The zero-order valence-electron chi connectivity index (χ0n) is 20.4. The highest BCUT2D eigenvalue weighted by Crippen LogP contribution is 2.29. The molecule has 0 saturated carbocycles. The maximum absolute atomic E-state index is 11.5. The summed E-state index contributed by atoms with van der Waals surface area (Å²) in [6.07, 6.45) is 17.9. The second kappa shape index (κ2) is 14.8. The molecule has 2 aromatic carbocycles. The summed E-state index contributed by atoms with van der Waals surface area (Å²) >= 11 is 0. The van der Waals surface area contributed by atoms with E-state index in [1.807, 2.05) is 65.4 Å². The molecule has 0 aliphatic heterocycles. The van der Waals surface area contributed by atoms with Gasteiger partial charge in [0.15, 0.2) is 0 Å². The minimum absolute atomic E-state index is 0.100. The Kier molecular flexibility index (Phi) is 11.1. The summed E-state index contributed by atoms with van der Waals surface area (Å²) in [5.74, 6) is 1.68. The first-order chi connectivity index (χ1) is 16.8. The summed E-state index contributed by atoms with van der Waals surface area (Å²) in [6.45, 7) is 2.36. The Balaban J connectivity index is 1.50. The van der Waals surface area contributed by atoms with Gasteiger partial charge in [0.2, 0.25) is 0 Å². The Morgan fingerprint density at radius 3 is 2.32 bits per heavy atom. The first-order valence-corrected chi connectivity index (χ1v) is 12.6. The van der Waals surface area contributed by atoms with Crippen molar-refractivity contribution in [2.24, 2.45) is 5.18 Å². The Labute approximate surface area is 203 Å². The lowest BCUT2D eigenvalue weighted by Gasteiger charge is -2.11. The summed E-state index contributed by atoms with van der Waals surface area (Å²) in [4.78, 5) is 16.0. The van der Waals surface area contributed by atoms with Crippen molar-refractivity contribution in [3.63, 3.8) is 0 Å². The van der Waals surface area contributed by atoms with E-state index in [-0.39, 0.29) is 6.61 Å². The van der Waals surface area contributed by atoms with Gasteiger partial charge in [0.25, 0.3) is 0 Å². The minimum atomic E-state index is 0.100. The van der Waals surface area contributed by atoms with Crippen LogP contribution >= 0.6 is 0 Å². The molecular weight excluding hydrogens is 422 g/mol. The van der Waals surface area contributed by atoms with E-state index in [1.54, 1.807) is 12.4 Å². The van der Waals surface area contributed by atoms with Gasteiger partial charge in [-0.2, -0.15) is 0 Å². The molecule has 0 aliphatic carbocycles. The van der Waals surface area contributed by atoms with Gasteiger partial charge in [0.1, 0.15) is 23.9 Å². The van der Waals surface area contributed by atoms with E-state index in [2.05, 4.69) is 17.1 Å². The predicted molar refractivity (Wildman–Crippen MR) is 141 cm³/mol. The number of hydrogen-bond donors (Lipinski definition) is 0. The third kappa shape index (κ3) is 8.29. The van der Waals surface area contributed by atoms with Crippen LogP contribution in [0.3, 0.4) is 0 Å². The largest absolute Gasteiger partial charge is 0.486 e. The van der Waals surface area contributed by atoms with Crippen molar-refractivity contribution >= 4 is 6.20 Å². The molecule has 0 atom stereocenters. The molecule has 0 radical (unpaired) electrons. The van der Waals surface area contributed by atoms with Crippen molar-refractivity contribution in [3.05, 3.63) is 83.4 Å². The summed E-state index contributed by atoms with van der Waals surface area (Å²) in [5, 5.41) is 3.21. The standard InChI is InChI=1S/C29H37N3O2/c1-2-3-4-5-6-7-8-9-13-20-29-30-21-22-32(29)23-26(31-33)24-34-28-19-15-14-18-27(28)25-16-11-10-12-17-25/h10-12,14-19,21-23H,2-9,13,20,24H2,1H3/b26-23-. The maximum Gasteiger partial charge on any atom is 0.139 e. The number of para-hydroxylation sites is 1. The molecule has 0 aliphatic rings. The van der Waals surface area contributed by atoms with Crippen molar-refractivity contribution in [1.29, 1.82) is 0 Å². The summed E-state index contributed by atoms with van der Waals surface area (Å²) in [5.41, 5.74) is 2.39. The smallest absolute Gasteiger partial charge is 0.139 e. The van der Waals surface area contributed by atoms with Crippen molar-refractivity contribution in [2.45, 2.75) is 71.1 Å². The lowest BCUT2D eigenvalue weighted by atomic mass is 10.1. The zero-order chi connectivity index (χ0) is 23.8. The van der Waals surface area contributed by atoms with E-state index in [9.17, 15) is 4.91 Å². The highest BCUT2D eigenvalue weighted by molar-refractivity contribution is 5.70. The Morgan fingerprint density at radius 2 is 1.59 bits per heavy atom. The number of nitrogens with zero attached hydrogens (tertiary/aromatic N) is 3. The minimum Gasteiger partial charge on any atom is -0.486 e. The number of aryl methyl sites for hydroxylation is 1. The number of aromatic nitrogens is 2. The number of nitroso groups, excluding NO2 is 1. The Morgan fingerprint density at radius 1 is 0.912 bits per heavy atom. The second-order valence-electron chi connectivity index (χ2n) is 8.69. The van der Waals surface area contributed by atoms with Crippen molar-refractivity contribution in [3.8, 4) is 16.9 Å². The molecule has 0 spiro atoms. The average Bonchev–Trinajstić information content (AvgIpc) is 3.33. The van der Waals surface area contributed by atoms with Gasteiger partial charge in [-0.25, -0.2) is 4.98 Å². The summed E-state index contributed by atoms with van der Waals surface area (Å²) < 4.78 is 7.89. The van der Waals surface area contributed by atoms with E-state index >= 15 is 0 Å². The van der Waals surface area contributed by atoms with Gasteiger partial charge in [0.05, 0.1) is 0 Å². The number of imidazole rings is 1. The van der Waals surface area contributed by atoms with Crippen LogP contribution in [-0.4, -0.2) is 16.2 Å². The molecule has 1 heterocycles. The quantitative estimate of drug-likeness (QED) is 0.160. The van der Waals surface area contributed by atoms with E-state index in [0.717, 1.165) is 35.5 Å². The molecule has 180 valence electrons. The lowest BCUT2D eigenvalue weighted by molar-refractivity contribution is 0.352. The van der Waals surface area contributed by atoms with Gasteiger partial charge >= 0.3 is 0 Å². The van der Waals surface area contributed by atoms with Gasteiger partial charge < -0.3 is 9.30 Å². The zero-order valence-corrected chi connectivity index (χ0v) is 20.4. The van der Waals surface area contributed by atoms with E-state index in [4.69, 9.17) is 4.74 Å². The van der Waals surface area contributed by atoms with Gasteiger partial charge in [-0.05, 0) is 23.2 Å². The SMILES string of the molecule is CCCCCCCCCCCc1nccn1/C=C(/COc1ccccc1-c1ccccc1)N=O. The van der Waals surface area contributed by atoms with Crippen LogP contribution in [0.4, 0.5) is 0 Å². The molecule has 3 rings (SSSR count).